The van der Waals surface area contributed by atoms with E-state index >= 15 is 0 Å². The Balaban J connectivity index is 1.75. The van der Waals surface area contributed by atoms with Gasteiger partial charge in [-0.3, -0.25) is 0 Å². The molecule has 0 radical (unpaired) electrons. The first kappa shape index (κ1) is 17.1. The first-order valence-electron chi connectivity index (χ1n) is 9.57. The first-order valence-corrected chi connectivity index (χ1v) is 9.57. The zero-order valence-corrected chi connectivity index (χ0v) is 16.5. The molecule has 1 aromatic heterocycles. The van der Waals surface area contributed by atoms with Crippen LogP contribution in [-0.2, 0) is 10.8 Å². The average Bonchev–Trinajstić information content (AvgIpc) is 3.09. The van der Waals surface area contributed by atoms with Crippen molar-refractivity contribution in [3.8, 4) is 22.5 Å². The molecule has 0 spiro atoms. The summed E-state index contributed by atoms with van der Waals surface area (Å²) in [4.78, 5) is 0. The Morgan fingerprint density at radius 3 is 2.00 bits per heavy atom. The molecular formula is C25H28O. The Morgan fingerprint density at radius 2 is 1.31 bits per heavy atom. The fourth-order valence-corrected chi connectivity index (χ4v) is 4.13. The molecular weight excluding hydrogens is 316 g/mol. The predicted molar refractivity (Wildman–Crippen MR) is 110 cm³/mol. The minimum absolute atomic E-state index is 0.216. The average molecular weight is 344 g/mol. The van der Waals surface area contributed by atoms with Crippen LogP contribution in [0.3, 0.4) is 0 Å². The zero-order chi connectivity index (χ0) is 18.5. The maximum Gasteiger partial charge on any atom is 0.134 e. The van der Waals surface area contributed by atoms with E-state index in [2.05, 4.69) is 83.1 Å². The molecule has 0 fully saturated rings. The number of rotatable bonds is 2. The van der Waals surface area contributed by atoms with E-state index in [-0.39, 0.29) is 10.8 Å². The predicted octanol–water partition coefficient (Wildman–Crippen LogP) is 7.27. The van der Waals surface area contributed by atoms with Gasteiger partial charge in [0.15, 0.2) is 0 Å². The van der Waals surface area contributed by atoms with Gasteiger partial charge in [-0.05, 0) is 59.4 Å². The van der Waals surface area contributed by atoms with Crippen molar-refractivity contribution in [3.05, 3.63) is 71.5 Å². The summed E-state index contributed by atoms with van der Waals surface area (Å²) in [6, 6.07) is 17.7. The minimum atomic E-state index is 0.216. The molecule has 0 amide bonds. The SMILES string of the molecule is Cc1ccc(-c2coc(-c3ccc4c(c3)C(C)(C)CCC4(C)C)c2)cc1. The molecule has 1 heteroatoms. The standard InChI is InChI=1S/C25H28O/c1-17-6-8-18(9-7-17)20-15-23(26-16-20)19-10-11-21-22(14-19)25(4,5)13-12-24(21,2)3/h6-11,14-16H,12-13H2,1-5H3. The number of hydrogen-bond acceptors (Lipinski definition) is 1. The molecule has 4 rings (SSSR count). The van der Waals surface area contributed by atoms with Crippen LogP contribution < -0.4 is 0 Å². The molecule has 1 aliphatic rings. The van der Waals surface area contributed by atoms with Crippen LogP contribution in [0.4, 0.5) is 0 Å². The largest absolute Gasteiger partial charge is 0.464 e. The summed E-state index contributed by atoms with van der Waals surface area (Å²) >= 11 is 0. The molecule has 0 aliphatic heterocycles. The molecule has 1 heterocycles. The highest BCUT2D eigenvalue weighted by molar-refractivity contribution is 5.71. The number of benzene rings is 2. The van der Waals surface area contributed by atoms with E-state index < -0.39 is 0 Å². The molecule has 2 aromatic carbocycles. The third-order valence-corrected chi connectivity index (χ3v) is 6.12. The number of aryl methyl sites for hydroxylation is 1. The van der Waals surface area contributed by atoms with Crippen LogP contribution >= 0.6 is 0 Å². The van der Waals surface area contributed by atoms with Gasteiger partial charge < -0.3 is 4.42 Å². The van der Waals surface area contributed by atoms with Crippen LogP contribution in [0.5, 0.6) is 0 Å². The van der Waals surface area contributed by atoms with E-state index in [1.165, 1.54) is 40.7 Å². The lowest BCUT2D eigenvalue weighted by molar-refractivity contribution is 0.332. The Kier molecular flexibility index (Phi) is 3.87. The zero-order valence-electron chi connectivity index (χ0n) is 16.5. The van der Waals surface area contributed by atoms with Crippen LogP contribution in [0.25, 0.3) is 22.5 Å². The lowest BCUT2D eigenvalue weighted by Crippen LogP contribution is -2.33. The van der Waals surface area contributed by atoms with Crippen LogP contribution in [0.15, 0.2) is 59.2 Å². The Bertz CT molecular complexity index is 939. The van der Waals surface area contributed by atoms with Gasteiger partial charge in [0.05, 0.1) is 6.26 Å². The normalized spacial score (nSPS) is 17.7. The van der Waals surface area contributed by atoms with Crippen molar-refractivity contribution >= 4 is 0 Å². The third-order valence-electron chi connectivity index (χ3n) is 6.12. The highest BCUT2D eigenvalue weighted by Gasteiger charge is 2.37. The van der Waals surface area contributed by atoms with Gasteiger partial charge in [-0.25, -0.2) is 0 Å². The van der Waals surface area contributed by atoms with Crippen molar-refractivity contribution in [1.82, 2.24) is 0 Å². The number of hydrogen-bond donors (Lipinski definition) is 0. The van der Waals surface area contributed by atoms with E-state index in [1.807, 2.05) is 6.26 Å². The van der Waals surface area contributed by atoms with Gasteiger partial charge in [-0.15, -0.1) is 0 Å². The second kappa shape index (κ2) is 5.87. The quantitative estimate of drug-likeness (QED) is 0.476. The summed E-state index contributed by atoms with van der Waals surface area (Å²) in [7, 11) is 0. The molecule has 3 aromatic rings. The van der Waals surface area contributed by atoms with Crippen molar-refractivity contribution in [2.45, 2.75) is 58.3 Å². The topological polar surface area (TPSA) is 13.1 Å². The summed E-state index contributed by atoms with van der Waals surface area (Å²) in [5, 5.41) is 0. The highest BCUT2D eigenvalue weighted by Crippen LogP contribution is 2.47. The van der Waals surface area contributed by atoms with Crippen molar-refractivity contribution in [2.24, 2.45) is 0 Å². The van der Waals surface area contributed by atoms with Crippen molar-refractivity contribution in [1.29, 1.82) is 0 Å². The summed E-state index contributed by atoms with van der Waals surface area (Å²) < 4.78 is 5.95. The van der Waals surface area contributed by atoms with Crippen LogP contribution in [-0.4, -0.2) is 0 Å². The number of furan rings is 1. The second-order valence-electron chi connectivity index (χ2n) is 9.09. The summed E-state index contributed by atoms with van der Waals surface area (Å²) in [5.41, 5.74) is 8.21. The van der Waals surface area contributed by atoms with Crippen molar-refractivity contribution in [3.63, 3.8) is 0 Å². The molecule has 134 valence electrons. The summed E-state index contributed by atoms with van der Waals surface area (Å²) in [6.45, 7) is 11.6. The van der Waals surface area contributed by atoms with Gasteiger partial charge in [0.2, 0.25) is 0 Å². The Morgan fingerprint density at radius 1 is 0.692 bits per heavy atom. The molecule has 0 unspecified atom stereocenters. The van der Waals surface area contributed by atoms with Gasteiger partial charge in [-0.2, -0.15) is 0 Å². The van der Waals surface area contributed by atoms with Gasteiger partial charge in [0, 0.05) is 11.1 Å². The van der Waals surface area contributed by atoms with E-state index in [4.69, 9.17) is 4.42 Å². The smallest absolute Gasteiger partial charge is 0.134 e. The lowest BCUT2D eigenvalue weighted by atomic mass is 9.63. The van der Waals surface area contributed by atoms with Crippen LogP contribution in [0.1, 0.15) is 57.2 Å². The molecule has 0 saturated heterocycles. The van der Waals surface area contributed by atoms with Crippen LogP contribution in [0, 0.1) is 6.92 Å². The Labute approximate surface area is 157 Å². The fraction of sp³-hybridized carbons (Fsp3) is 0.360. The second-order valence-corrected chi connectivity index (χ2v) is 9.09. The molecule has 0 saturated carbocycles. The summed E-state index contributed by atoms with van der Waals surface area (Å²) in [6.07, 6.45) is 4.34. The minimum Gasteiger partial charge on any atom is -0.464 e. The van der Waals surface area contributed by atoms with Gasteiger partial charge >= 0.3 is 0 Å². The van der Waals surface area contributed by atoms with Crippen LogP contribution in [0.2, 0.25) is 0 Å². The van der Waals surface area contributed by atoms with Gasteiger partial charge in [-0.1, -0.05) is 69.7 Å². The lowest BCUT2D eigenvalue weighted by Gasteiger charge is -2.42. The third kappa shape index (κ3) is 2.90. The van der Waals surface area contributed by atoms with Gasteiger partial charge in [0.1, 0.15) is 5.76 Å². The van der Waals surface area contributed by atoms with Gasteiger partial charge in [0.25, 0.3) is 0 Å². The fourth-order valence-electron chi connectivity index (χ4n) is 4.13. The molecule has 0 bridgehead atoms. The maximum absolute atomic E-state index is 5.95. The van der Waals surface area contributed by atoms with Crippen molar-refractivity contribution in [2.75, 3.05) is 0 Å². The monoisotopic (exact) mass is 344 g/mol. The molecule has 1 nitrogen and oxygen atoms in total. The molecule has 26 heavy (non-hydrogen) atoms. The van der Waals surface area contributed by atoms with E-state index in [9.17, 15) is 0 Å². The van der Waals surface area contributed by atoms with E-state index in [0.717, 1.165) is 11.3 Å². The number of fused-ring (bicyclic) bond motifs is 1. The van der Waals surface area contributed by atoms with E-state index in [1.54, 1.807) is 0 Å². The summed E-state index contributed by atoms with van der Waals surface area (Å²) in [5.74, 6) is 0.947. The maximum atomic E-state index is 5.95. The molecule has 1 aliphatic carbocycles. The molecule has 0 N–H and O–H groups in total. The van der Waals surface area contributed by atoms with E-state index in [0.29, 0.717) is 0 Å². The van der Waals surface area contributed by atoms with Crippen molar-refractivity contribution < 1.29 is 4.42 Å². The highest BCUT2D eigenvalue weighted by atomic mass is 16.3. The molecule has 0 atom stereocenters. The first-order chi connectivity index (χ1) is 12.3. The Hall–Kier alpha value is -2.28.